The molecule has 4 nitrogen and oxygen atoms in total. The second-order valence-electron chi connectivity index (χ2n) is 6.36. The van der Waals surface area contributed by atoms with Crippen molar-refractivity contribution in [1.29, 1.82) is 0 Å². The molecular weight excluding hydrogens is 230 g/mol. The average Bonchev–Trinajstić information content (AvgIpc) is 2.18. The number of rotatable bonds is 1. The van der Waals surface area contributed by atoms with Gasteiger partial charge in [-0.2, -0.15) is 0 Å². The highest BCUT2D eigenvalue weighted by Crippen LogP contribution is 2.34. The molecule has 1 aliphatic heterocycles. The maximum absolute atomic E-state index is 12.0. The third-order valence-electron chi connectivity index (χ3n) is 3.03. The summed E-state index contributed by atoms with van der Waals surface area (Å²) < 4.78 is 5.36. The standard InChI is InChI=1S/C14H23NO3/c1-13(2,3)18-12(17)15-8-6-11(7-9-16)14(4,5)10-15/h7,9H,6,8,10H2,1-5H3/b11-7-. The van der Waals surface area contributed by atoms with Gasteiger partial charge >= 0.3 is 6.09 Å². The van der Waals surface area contributed by atoms with Gasteiger partial charge in [0, 0.05) is 18.5 Å². The van der Waals surface area contributed by atoms with Crippen molar-refractivity contribution in [2.45, 2.75) is 46.6 Å². The van der Waals surface area contributed by atoms with E-state index in [0.29, 0.717) is 13.1 Å². The van der Waals surface area contributed by atoms with E-state index in [-0.39, 0.29) is 11.5 Å². The van der Waals surface area contributed by atoms with Crippen LogP contribution >= 0.6 is 0 Å². The zero-order valence-electron chi connectivity index (χ0n) is 11.9. The highest BCUT2D eigenvalue weighted by Gasteiger charge is 2.34. The molecule has 18 heavy (non-hydrogen) atoms. The lowest BCUT2D eigenvalue weighted by Crippen LogP contribution is -2.46. The Labute approximate surface area is 109 Å². The van der Waals surface area contributed by atoms with Gasteiger partial charge in [0.1, 0.15) is 11.9 Å². The maximum Gasteiger partial charge on any atom is 0.410 e. The molecule has 102 valence electrons. The van der Waals surface area contributed by atoms with Crippen molar-refractivity contribution < 1.29 is 14.3 Å². The summed E-state index contributed by atoms with van der Waals surface area (Å²) in [6, 6.07) is 0. The van der Waals surface area contributed by atoms with Crippen LogP contribution in [-0.2, 0) is 9.53 Å². The molecule has 1 amide bonds. The minimum absolute atomic E-state index is 0.171. The number of ether oxygens (including phenoxy) is 1. The van der Waals surface area contributed by atoms with Crippen molar-refractivity contribution in [3.63, 3.8) is 0 Å². The Morgan fingerprint density at radius 1 is 1.39 bits per heavy atom. The molecule has 1 rings (SSSR count). The summed E-state index contributed by atoms with van der Waals surface area (Å²) in [6.07, 6.45) is 2.89. The van der Waals surface area contributed by atoms with Crippen molar-refractivity contribution in [1.82, 2.24) is 4.90 Å². The zero-order chi connectivity index (χ0) is 14.0. The Kier molecular flexibility index (Phi) is 4.20. The highest BCUT2D eigenvalue weighted by molar-refractivity contribution is 5.70. The van der Waals surface area contributed by atoms with Gasteiger partial charge < -0.3 is 9.64 Å². The molecule has 0 radical (unpaired) electrons. The first kappa shape index (κ1) is 14.7. The molecule has 0 unspecified atom stereocenters. The number of allylic oxidation sites excluding steroid dienone is 1. The molecule has 1 heterocycles. The van der Waals surface area contributed by atoms with Gasteiger partial charge in [-0.3, -0.25) is 4.79 Å². The van der Waals surface area contributed by atoms with Crippen LogP contribution in [-0.4, -0.2) is 36.0 Å². The molecule has 0 aliphatic carbocycles. The molecule has 0 saturated carbocycles. The van der Waals surface area contributed by atoms with Crippen LogP contribution in [0.15, 0.2) is 11.6 Å². The lowest BCUT2D eigenvalue weighted by Gasteiger charge is -2.40. The van der Waals surface area contributed by atoms with E-state index in [2.05, 4.69) is 0 Å². The number of piperidine rings is 1. The van der Waals surface area contributed by atoms with Crippen LogP contribution < -0.4 is 0 Å². The number of hydrogen-bond donors (Lipinski definition) is 0. The number of nitrogens with zero attached hydrogens (tertiary/aromatic N) is 1. The van der Waals surface area contributed by atoms with Gasteiger partial charge in [0.2, 0.25) is 0 Å². The molecule has 0 atom stereocenters. The molecule has 0 aromatic heterocycles. The quantitative estimate of drug-likeness (QED) is 0.533. The molecule has 1 aliphatic rings. The summed E-state index contributed by atoms with van der Waals surface area (Å²) in [5.74, 6) is 0. The molecule has 0 N–H and O–H groups in total. The summed E-state index contributed by atoms with van der Waals surface area (Å²) in [6.45, 7) is 10.9. The van der Waals surface area contributed by atoms with Crippen molar-refractivity contribution in [2.24, 2.45) is 5.41 Å². The van der Waals surface area contributed by atoms with Crippen LogP contribution in [0.2, 0.25) is 0 Å². The minimum Gasteiger partial charge on any atom is -0.444 e. The van der Waals surface area contributed by atoms with Crippen molar-refractivity contribution >= 4 is 12.4 Å². The van der Waals surface area contributed by atoms with E-state index in [4.69, 9.17) is 4.74 Å². The first-order valence-electron chi connectivity index (χ1n) is 6.28. The normalized spacial score (nSPS) is 21.8. The second kappa shape index (κ2) is 5.12. The number of carbonyl (C=O) groups excluding carboxylic acids is 2. The Bertz CT molecular complexity index is 364. The van der Waals surface area contributed by atoms with E-state index in [1.165, 1.54) is 0 Å². The van der Waals surface area contributed by atoms with Crippen molar-refractivity contribution in [2.75, 3.05) is 13.1 Å². The van der Waals surface area contributed by atoms with Gasteiger partial charge in [0.05, 0.1) is 0 Å². The Morgan fingerprint density at radius 2 is 2.00 bits per heavy atom. The monoisotopic (exact) mass is 253 g/mol. The van der Waals surface area contributed by atoms with E-state index in [9.17, 15) is 9.59 Å². The third kappa shape index (κ3) is 3.86. The fourth-order valence-electron chi connectivity index (χ4n) is 2.12. The number of carbonyl (C=O) groups is 2. The average molecular weight is 253 g/mol. The molecule has 0 aromatic carbocycles. The van der Waals surface area contributed by atoms with Gasteiger partial charge in [-0.25, -0.2) is 4.79 Å². The molecule has 0 bridgehead atoms. The van der Waals surface area contributed by atoms with Crippen LogP contribution in [0, 0.1) is 5.41 Å². The third-order valence-corrected chi connectivity index (χ3v) is 3.03. The van der Waals surface area contributed by atoms with E-state index in [0.717, 1.165) is 18.3 Å². The first-order valence-corrected chi connectivity index (χ1v) is 6.28. The summed E-state index contributed by atoms with van der Waals surface area (Å²) in [5, 5.41) is 0. The van der Waals surface area contributed by atoms with Gasteiger partial charge in [-0.05, 0) is 33.3 Å². The summed E-state index contributed by atoms with van der Waals surface area (Å²) in [4.78, 5) is 24.3. The number of hydrogen-bond acceptors (Lipinski definition) is 3. The smallest absolute Gasteiger partial charge is 0.410 e. The first-order chi connectivity index (χ1) is 8.15. The van der Waals surface area contributed by atoms with E-state index < -0.39 is 5.60 Å². The number of amides is 1. The Morgan fingerprint density at radius 3 is 2.44 bits per heavy atom. The molecule has 1 fully saturated rings. The van der Waals surface area contributed by atoms with Crippen molar-refractivity contribution in [3.05, 3.63) is 11.6 Å². The molecular formula is C14H23NO3. The van der Waals surface area contributed by atoms with Gasteiger partial charge in [-0.15, -0.1) is 0 Å². The Hall–Kier alpha value is -1.32. The lowest BCUT2D eigenvalue weighted by atomic mass is 9.79. The van der Waals surface area contributed by atoms with Crippen LogP contribution in [0.5, 0.6) is 0 Å². The SMILES string of the molecule is CC(C)(C)OC(=O)N1CC/C(=C/C=O)C(C)(C)C1. The molecule has 1 saturated heterocycles. The van der Waals surface area contributed by atoms with Gasteiger partial charge in [0.15, 0.2) is 0 Å². The van der Waals surface area contributed by atoms with Crippen LogP contribution in [0.25, 0.3) is 0 Å². The predicted octanol–water partition coefficient (Wildman–Crippen LogP) is 2.78. The minimum atomic E-state index is -0.472. The van der Waals surface area contributed by atoms with E-state index >= 15 is 0 Å². The van der Waals surface area contributed by atoms with Crippen LogP contribution in [0.4, 0.5) is 4.79 Å². The zero-order valence-corrected chi connectivity index (χ0v) is 11.9. The van der Waals surface area contributed by atoms with Crippen LogP contribution in [0.1, 0.15) is 41.0 Å². The predicted molar refractivity (Wildman–Crippen MR) is 70.4 cm³/mol. The fraction of sp³-hybridized carbons (Fsp3) is 0.714. The Balaban J connectivity index is 2.72. The van der Waals surface area contributed by atoms with Gasteiger partial charge in [0.25, 0.3) is 0 Å². The van der Waals surface area contributed by atoms with E-state index in [1.807, 2.05) is 34.6 Å². The molecule has 0 spiro atoms. The van der Waals surface area contributed by atoms with Gasteiger partial charge in [-0.1, -0.05) is 19.4 Å². The largest absolute Gasteiger partial charge is 0.444 e. The maximum atomic E-state index is 12.0. The lowest BCUT2D eigenvalue weighted by molar-refractivity contribution is -0.104. The summed E-state index contributed by atoms with van der Waals surface area (Å²) in [5.41, 5.74) is 0.452. The highest BCUT2D eigenvalue weighted by atomic mass is 16.6. The molecule has 0 aromatic rings. The summed E-state index contributed by atoms with van der Waals surface area (Å²) in [7, 11) is 0. The summed E-state index contributed by atoms with van der Waals surface area (Å²) >= 11 is 0. The fourth-order valence-corrected chi connectivity index (χ4v) is 2.12. The molecule has 4 heteroatoms. The number of aldehydes is 1. The number of likely N-dealkylation sites (tertiary alicyclic amines) is 1. The topological polar surface area (TPSA) is 46.6 Å². The second-order valence-corrected chi connectivity index (χ2v) is 6.36. The van der Waals surface area contributed by atoms with Crippen LogP contribution in [0.3, 0.4) is 0 Å². The van der Waals surface area contributed by atoms with Crippen molar-refractivity contribution in [3.8, 4) is 0 Å². The van der Waals surface area contributed by atoms with E-state index in [1.54, 1.807) is 11.0 Å².